The van der Waals surface area contributed by atoms with Gasteiger partial charge in [0.05, 0.1) is 12.2 Å². The highest BCUT2D eigenvalue weighted by molar-refractivity contribution is 5.76. The molecule has 1 aliphatic rings. The molecule has 0 bridgehead atoms. The average Bonchev–Trinajstić information content (AvgIpc) is 3.18. The molecular formula is C21H23N5O2. The molecule has 4 heterocycles. The molecule has 0 aliphatic carbocycles. The van der Waals surface area contributed by atoms with E-state index in [2.05, 4.69) is 14.5 Å². The summed E-state index contributed by atoms with van der Waals surface area (Å²) in [5.41, 5.74) is 0.852. The van der Waals surface area contributed by atoms with Gasteiger partial charge in [0.15, 0.2) is 0 Å². The van der Waals surface area contributed by atoms with E-state index in [4.69, 9.17) is 0 Å². The lowest BCUT2D eigenvalue weighted by molar-refractivity contribution is -0.133. The Kier molecular flexibility index (Phi) is 5.32. The van der Waals surface area contributed by atoms with Crippen molar-refractivity contribution in [3.63, 3.8) is 0 Å². The van der Waals surface area contributed by atoms with E-state index in [1.807, 2.05) is 35.5 Å². The molecule has 0 unspecified atom stereocenters. The van der Waals surface area contributed by atoms with Crippen LogP contribution in [0.3, 0.4) is 0 Å². The monoisotopic (exact) mass is 377 g/mol. The molecule has 1 fully saturated rings. The summed E-state index contributed by atoms with van der Waals surface area (Å²) in [6.45, 7) is 2.16. The van der Waals surface area contributed by atoms with E-state index < -0.39 is 0 Å². The minimum Gasteiger partial charge on any atom is -0.341 e. The van der Waals surface area contributed by atoms with Crippen LogP contribution in [0.25, 0.3) is 0 Å². The smallest absolute Gasteiger partial charge is 0.250 e. The van der Waals surface area contributed by atoms with Gasteiger partial charge in [-0.05, 0) is 31.0 Å². The highest BCUT2D eigenvalue weighted by atomic mass is 16.2. The van der Waals surface area contributed by atoms with Gasteiger partial charge in [-0.25, -0.2) is 4.98 Å². The Bertz CT molecular complexity index is 987. The molecule has 28 heavy (non-hydrogen) atoms. The maximum Gasteiger partial charge on any atom is 0.250 e. The molecule has 7 heteroatoms. The van der Waals surface area contributed by atoms with Crippen LogP contribution in [-0.4, -0.2) is 43.0 Å². The number of hydrogen-bond donors (Lipinski definition) is 0. The zero-order valence-corrected chi connectivity index (χ0v) is 15.6. The van der Waals surface area contributed by atoms with E-state index in [0.717, 1.165) is 24.4 Å². The van der Waals surface area contributed by atoms with Crippen LogP contribution in [0.15, 0.2) is 66.0 Å². The van der Waals surface area contributed by atoms with E-state index in [-0.39, 0.29) is 18.0 Å². The molecule has 3 aromatic heterocycles. The van der Waals surface area contributed by atoms with Crippen LogP contribution in [0.4, 0.5) is 0 Å². The topological polar surface area (TPSA) is 73.0 Å². The highest BCUT2D eigenvalue weighted by Crippen LogP contribution is 2.27. The van der Waals surface area contributed by atoms with Crippen LogP contribution in [0.1, 0.15) is 30.3 Å². The van der Waals surface area contributed by atoms with Crippen molar-refractivity contribution in [2.45, 2.75) is 31.8 Å². The fourth-order valence-corrected chi connectivity index (χ4v) is 3.70. The van der Waals surface area contributed by atoms with Crippen LogP contribution in [-0.2, 0) is 17.9 Å². The summed E-state index contributed by atoms with van der Waals surface area (Å²) >= 11 is 0. The van der Waals surface area contributed by atoms with Crippen LogP contribution in [0.5, 0.6) is 0 Å². The third-order valence-corrected chi connectivity index (χ3v) is 5.22. The Morgan fingerprint density at radius 2 is 1.79 bits per heavy atom. The minimum atomic E-state index is -0.151. The van der Waals surface area contributed by atoms with Gasteiger partial charge in [0.1, 0.15) is 12.4 Å². The first-order chi connectivity index (χ1) is 13.7. The first-order valence-corrected chi connectivity index (χ1v) is 9.55. The van der Waals surface area contributed by atoms with E-state index in [9.17, 15) is 9.59 Å². The maximum atomic E-state index is 12.6. The summed E-state index contributed by atoms with van der Waals surface area (Å²) < 4.78 is 3.60. The fourth-order valence-electron chi connectivity index (χ4n) is 3.70. The number of rotatable bonds is 5. The molecular weight excluding hydrogens is 354 g/mol. The summed E-state index contributed by atoms with van der Waals surface area (Å²) in [6.07, 6.45) is 9.01. The first-order valence-electron chi connectivity index (χ1n) is 9.55. The van der Waals surface area contributed by atoms with Crippen LogP contribution in [0.2, 0.25) is 0 Å². The zero-order chi connectivity index (χ0) is 19.3. The van der Waals surface area contributed by atoms with Gasteiger partial charge >= 0.3 is 0 Å². The van der Waals surface area contributed by atoms with Crippen molar-refractivity contribution >= 4 is 5.91 Å². The zero-order valence-electron chi connectivity index (χ0n) is 15.6. The summed E-state index contributed by atoms with van der Waals surface area (Å²) in [5.74, 6) is 1.36. The van der Waals surface area contributed by atoms with Crippen molar-refractivity contribution in [3.05, 3.63) is 83.1 Å². The number of nitrogens with zero attached hydrogens (tertiary/aromatic N) is 5. The van der Waals surface area contributed by atoms with Crippen molar-refractivity contribution < 1.29 is 4.79 Å². The van der Waals surface area contributed by atoms with Gasteiger partial charge in [-0.15, -0.1) is 0 Å². The molecule has 0 spiro atoms. The summed E-state index contributed by atoms with van der Waals surface area (Å²) in [5, 5.41) is 0. The van der Waals surface area contributed by atoms with Gasteiger partial charge < -0.3 is 14.0 Å². The Morgan fingerprint density at radius 1 is 0.964 bits per heavy atom. The predicted molar refractivity (Wildman–Crippen MR) is 105 cm³/mol. The molecule has 0 aromatic carbocycles. The number of aromatic nitrogens is 4. The third-order valence-electron chi connectivity index (χ3n) is 5.22. The van der Waals surface area contributed by atoms with Crippen LogP contribution in [0, 0.1) is 0 Å². The number of carbonyl (C=O) groups excluding carboxylic acids is 1. The number of likely N-dealkylation sites (tertiary alicyclic amines) is 1. The maximum absolute atomic E-state index is 12.6. The highest BCUT2D eigenvalue weighted by Gasteiger charge is 2.26. The third kappa shape index (κ3) is 4.03. The summed E-state index contributed by atoms with van der Waals surface area (Å²) in [7, 11) is 0. The van der Waals surface area contributed by atoms with Gasteiger partial charge in [0, 0.05) is 49.9 Å². The van der Waals surface area contributed by atoms with Gasteiger partial charge in [0.25, 0.3) is 5.56 Å². The Balaban J connectivity index is 1.37. The standard InChI is InChI=1S/C21H23N5O2/c27-19-6-2-4-11-25(19)16-20(28)24-12-7-17(8-13-24)21-23-10-14-26(21)15-18-5-1-3-9-22-18/h1-6,9-11,14,17H,7-8,12-13,15-16H2. The second kappa shape index (κ2) is 8.21. The van der Waals surface area contributed by atoms with Gasteiger partial charge in [-0.2, -0.15) is 0 Å². The number of carbonyl (C=O) groups is 1. The molecule has 0 atom stereocenters. The molecule has 7 nitrogen and oxygen atoms in total. The lowest BCUT2D eigenvalue weighted by atomic mass is 9.95. The number of piperidine rings is 1. The number of amides is 1. The van der Waals surface area contributed by atoms with E-state index in [1.54, 1.807) is 24.5 Å². The lowest BCUT2D eigenvalue weighted by Crippen LogP contribution is -2.41. The predicted octanol–water partition coefficient (Wildman–Crippen LogP) is 1.89. The fraction of sp³-hybridized carbons (Fsp3) is 0.333. The quantitative estimate of drug-likeness (QED) is 0.681. The van der Waals surface area contributed by atoms with E-state index in [0.29, 0.717) is 25.6 Å². The average molecular weight is 377 g/mol. The normalized spacial score (nSPS) is 14.9. The van der Waals surface area contributed by atoms with Crippen molar-refractivity contribution in [2.75, 3.05) is 13.1 Å². The first kappa shape index (κ1) is 18.2. The Morgan fingerprint density at radius 3 is 2.54 bits per heavy atom. The van der Waals surface area contributed by atoms with E-state index in [1.165, 1.54) is 10.6 Å². The molecule has 144 valence electrons. The molecule has 1 saturated heterocycles. The van der Waals surface area contributed by atoms with Gasteiger partial charge in [-0.3, -0.25) is 14.6 Å². The summed E-state index contributed by atoms with van der Waals surface area (Å²) in [4.78, 5) is 35.2. The number of pyridine rings is 2. The number of imidazole rings is 1. The molecule has 0 N–H and O–H groups in total. The van der Waals surface area contributed by atoms with Crippen molar-refractivity contribution in [3.8, 4) is 0 Å². The van der Waals surface area contributed by atoms with Gasteiger partial charge in [0.2, 0.25) is 5.91 Å². The van der Waals surface area contributed by atoms with Crippen LogP contribution >= 0.6 is 0 Å². The largest absolute Gasteiger partial charge is 0.341 e. The lowest BCUT2D eigenvalue weighted by Gasteiger charge is -2.32. The van der Waals surface area contributed by atoms with E-state index >= 15 is 0 Å². The van der Waals surface area contributed by atoms with Crippen molar-refractivity contribution in [2.24, 2.45) is 0 Å². The second-order valence-corrected chi connectivity index (χ2v) is 7.06. The van der Waals surface area contributed by atoms with Crippen molar-refractivity contribution in [1.29, 1.82) is 0 Å². The Hall–Kier alpha value is -3.22. The number of hydrogen-bond acceptors (Lipinski definition) is 4. The van der Waals surface area contributed by atoms with Crippen LogP contribution < -0.4 is 5.56 Å². The molecule has 3 aromatic rings. The van der Waals surface area contributed by atoms with Crippen molar-refractivity contribution in [1.82, 2.24) is 24.0 Å². The molecule has 1 amide bonds. The van der Waals surface area contributed by atoms with Gasteiger partial charge in [-0.1, -0.05) is 12.1 Å². The minimum absolute atomic E-state index is 0.0106. The molecule has 0 saturated carbocycles. The molecule has 1 aliphatic heterocycles. The second-order valence-electron chi connectivity index (χ2n) is 7.06. The molecule has 0 radical (unpaired) electrons. The SMILES string of the molecule is O=C(Cn1ccccc1=O)N1CCC(c2nccn2Cc2ccccn2)CC1. The molecule has 4 rings (SSSR count). The summed E-state index contributed by atoms with van der Waals surface area (Å²) in [6, 6.07) is 10.8. The Labute approximate surface area is 163 Å².